The summed E-state index contributed by atoms with van der Waals surface area (Å²) in [4.78, 5) is 35.7. The largest absolute Gasteiger partial charge is 0.459 e. The Kier molecular flexibility index (Phi) is 5.89. The molecule has 1 aromatic carbocycles. The number of ether oxygens (including phenoxy) is 1. The maximum Gasteiger partial charge on any atom is 0.329 e. The van der Waals surface area contributed by atoms with Gasteiger partial charge in [0.2, 0.25) is 0 Å². The van der Waals surface area contributed by atoms with Crippen LogP contribution in [-0.2, 0) is 14.3 Å². The van der Waals surface area contributed by atoms with Crippen molar-refractivity contribution in [2.75, 3.05) is 5.32 Å². The van der Waals surface area contributed by atoms with Crippen LogP contribution in [0.2, 0.25) is 0 Å². The molecule has 0 unspecified atom stereocenters. The zero-order valence-electron chi connectivity index (χ0n) is 13.6. The van der Waals surface area contributed by atoms with E-state index >= 15 is 0 Å². The predicted octanol–water partition coefficient (Wildman–Crippen LogP) is 2.11. The van der Waals surface area contributed by atoms with Gasteiger partial charge in [0.1, 0.15) is 11.9 Å². The molecule has 0 aliphatic rings. The number of rotatable bonds is 6. The zero-order chi connectivity index (χ0) is 18.4. The maximum atomic E-state index is 13.1. The Hall–Kier alpha value is -3.16. The standard InChI is InChI=1S/C17H17FN2O5/c1-10(19-16(22)14-7-4-8-24-14)17(23)25-11(2)15(21)20-13-6-3-5-12(18)9-13/h3-11H,1-2H3,(H,19,22)(H,20,21)/t10-,11+/m0/s1. The average molecular weight is 348 g/mol. The molecule has 25 heavy (non-hydrogen) atoms. The number of amides is 2. The fraction of sp³-hybridized carbons (Fsp3) is 0.235. The van der Waals surface area contributed by atoms with Gasteiger partial charge in [-0.05, 0) is 44.2 Å². The van der Waals surface area contributed by atoms with E-state index in [4.69, 9.17) is 9.15 Å². The molecule has 2 amide bonds. The first-order valence-corrected chi connectivity index (χ1v) is 7.48. The molecule has 2 aromatic rings. The first kappa shape index (κ1) is 18.2. The zero-order valence-corrected chi connectivity index (χ0v) is 13.6. The summed E-state index contributed by atoms with van der Waals surface area (Å²) in [6.07, 6.45) is 0.204. The minimum Gasteiger partial charge on any atom is -0.459 e. The third kappa shape index (κ3) is 5.17. The molecule has 0 saturated carbocycles. The van der Waals surface area contributed by atoms with E-state index in [9.17, 15) is 18.8 Å². The Morgan fingerprint density at radius 1 is 1.16 bits per heavy atom. The van der Waals surface area contributed by atoms with Gasteiger partial charge in [-0.1, -0.05) is 6.07 Å². The van der Waals surface area contributed by atoms with E-state index in [1.807, 2.05) is 0 Å². The number of carbonyl (C=O) groups is 3. The second-order valence-electron chi connectivity index (χ2n) is 5.25. The maximum absolute atomic E-state index is 13.1. The van der Waals surface area contributed by atoms with Gasteiger partial charge in [-0.25, -0.2) is 9.18 Å². The molecular formula is C17H17FN2O5. The number of hydrogen-bond acceptors (Lipinski definition) is 5. The van der Waals surface area contributed by atoms with Gasteiger partial charge in [0, 0.05) is 5.69 Å². The average Bonchev–Trinajstić information content (AvgIpc) is 3.09. The molecule has 8 heteroatoms. The quantitative estimate of drug-likeness (QED) is 0.779. The molecule has 1 heterocycles. The highest BCUT2D eigenvalue weighted by molar-refractivity contribution is 5.97. The monoisotopic (exact) mass is 348 g/mol. The summed E-state index contributed by atoms with van der Waals surface area (Å²) < 4.78 is 23.0. The Morgan fingerprint density at radius 3 is 2.56 bits per heavy atom. The smallest absolute Gasteiger partial charge is 0.329 e. The molecule has 7 nitrogen and oxygen atoms in total. The summed E-state index contributed by atoms with van der Waals surface area (Å²) in [5.74, 6) is -2.44. The second kappa shape index (κ2) is 8.09. The molecule has 2 atom stereocenters. The first-order chi connectivity index (χ1) is 11.9. The van der Waals surface area contributed by atoms with Crippen LogP contribution in [0.25, 0.3) is 0 Å². The second-order valence-corrected chi connectivity index (χ2v) is 5.25. The van der Waals surface area contributed by atoms with E-state index in [2.05, 4.69) is 10.6 Å². The Labute approximate surface area is 143 Å². The summed E-state index contributed by atoms with van der Waals surface area (Å²) in [5.41, 5.74) is 0.243. The van der Waals surface area contributed by atoms with E-state index in [1.165, 1.54) is 50.4 Å². The third-order valence-electron chi connectivity index (χ3n) is 3.20. The van der Waals surface area contributed by atoms with Gasteiger partial charge in [0.25, 0.3) is 11.8 Å². The summed E-state index contributed by atoms with van der Waals surface area (Å²) in [6.45, 7) is 2.79. The SMILES string of the molecule is C[C@H](NC(=O)c1ccco1)C(=O)O[C@H](C)C(=O)Nc1cccc(F)c1. The van der Waals surface area contributed by atoms with Gasteiger partial charge in [-0.15, -0.1) is 0 Å². The minimum atomic E-state index is -1.13. The summed E-state index contributed by atoms with van der Waals surface area (Å²) >= 11 is 0. The highest BCUT2D eigenvalue weighted by Crippen LogP contribution is 2.10. The van der Waals surface area contributed by atoms with Crippen molar-refractivity contribution in [3.63, 3.8) is 0 Å². The van der Waals surface area contributed by atoms with Gasteiger partial charge in [0.15, 0.2) is 11.9 Å². The number of nitrogens with one attached hydrogen (secondary N) is 2. The van der Waals surface area contributed by atoms with Crippen molar-refractivity contribution in [1.29, 1.82) is 0 Å². The summed E-state index contributed by atoms with van der Waals surface area (Å²) in [6, 6.07) is 7.32. The first-order valence-electron chi connectivity index (χ1n) is 7.48. The topological polar surface area (TPSA) is 97.6 Å². The molecule has 2 rings (SSSR count). The van der Waals surface area contributed by atoms with Crippen molar-refractivity contribution in [2.24, 2.45) is 0 Å². The number of halogens is 1. The van der Waals surface area contributed by atoms with Gasteiger partial charge >= 0.3 is 5.97 Å². The van der Waals surface area contributed by atoms with Crippen molar-refractivity contribution in [1.82, 2.24) is 5.32 Å². The molecule has 0 radical (unpaired) electrons. The number of benzene rings is 1. The molecule has 0 aliphatic heterocycles. The third-order valence-corrected chi connectivity index (χ3v) is 3.20. The lowest BCUT2D eigenvalue weighted by molar-refractivity contribution is -0.154. The van der Waals surface area contributed by atoms with Crippen LogP contribution in [0.5, 0.6) is 0 Å². The molecule has 0 spiro atoms. The summed E-state index contributed by atoms with van der Waals surface area (Å²) in [7, 11) is 0. The molecule has 0 bridgehead atoms. The van der Waals surface area contributed by atoms with Crippen LogP contribution in [0.15, 0.2) is 47.1 Å². The number of furan rings is 1. The molecule has 0 fully saturated rings. The van der Waals surface area contributed by atoms with Crippen LogP contribution in [0, 0.1) is 5.82 Å². The van der Waals surface area contributed by atoms with Crippen molar-refractivity contribution in [2.45, 2.75) is 26.0 Å². The van der Waals surface area contributed by atoms with Crippen LogP contribution >= 0.6 is 0 Å². The molecule has 132 valence electrons. The van der Waals surface area contributed by atoms with Crippen molar-refractivity contribution in [3.8, 4) is 0 Å². The lowest BCUT2D eigenvalue weighted by Gasteiger charge is -2.17. The van der Waals surface area contributed by atoms with Crippen molar-refractivity contribution < 1.29 is 27.9 Å². The van der Waals surface area contributed by atoms with Gasteiger partial charge < -0.3 is 19.8 Å². The van der Waals surface area contributed by atoms with E-state index < -0.39 is 35.7 Å². The molecular weight excluding hydrogens is 331 g/mol. The van der Waals surface area contributed by atoms with E-state index in [-0.39, 0.29) is 11.4 Å². The molecule has 1 aromatic heterocycles. The van der Waals surface area contributed by atoms with Crippen LogP contribution in [0.1, 0.15) is 24.4 Å². The minimum absolute atomic E-state index is 0.0524. The molecule has 0 aliphatic carbocycles. The molecule has 2 N–H and O–H groups in total. The lowest BCUT2D eigenvalue weighted by atomic mass is 10.2. The lowest BCUT2D eigenvalue weighted by Crippen LogP contribution is -2.42. The van der Waals surface area contributed by atoms with Crippen LogP contribution in [-0.4, -0.2) is 29.9 Å². The van der Waals surface area contributed by atoms with E-state index in [1.54, 1.807) is 0 Å². The van der Waals surface area contributed by atoms with Crippen molar-refractivity contribution in [3.05, 3.63) is 54.2 Å². The number of anilines is 1. The predicted molar refractivity (Wildman–Crippen MR) is 86.2 cm³/mol. The van der Waals surface area contributed by atoms with Gasteiger partial charge in [-0.3, -0.25) is 9.59 Å². The van der Waals surface area contributed by atoms with Gasteiger partial charge in [-0.2, -0.15) is 0 Å². The number of carbonyl (C=O) groups excluding carboxylic acids is 3. The highest BCUT2D eigenvalue weighted by Gasteiger charge is 2.24. The Morgan fingerprint density at radius 2 is 1.92 bits per heavy atom. The summed E-state index contributed by atoms with van der Waals surface area (Å²) in [5, 5.41) is 4.83. The number of hydrogen-bond donors (Lipinski definition) is 2. The van der Waals surface area contributed by atoms with Crippen LogP contribution in [0.3, 0.4) is 0 Å². The van der Waals surface area contributed by atoms with Crippen molar-refractivity contribution >= 4 is 23.5 Å². The van der Waals surface area contributed by atoms with E-state index in [0.717, 1.165) is 6.07 Å². The van der Waals surface area contributed by atoms with E-state index in [0.29, 0.717) is 0 Å². The Balaban J connectivity index is 1.86. The van der Waals surface area contributed by atoms with Gasteiger partial charge in [0.05, 0.1) is 6.26 Å². The fourth-order valence-corrected chi connectivity index (χ4v) is 1.87. The fourth-order valence-electron chi connectivity index (χ4n) is 1.87. The molecule has 0 saturated heterocycles. The van der Waals surface area contributed by atoms with Crippen LogP contribution in [0.4, 0.5) is 10.1 Å². The van der Waals surface area contributed by atoms with Crippen LogP contribution < -0.4 is 10.6 Å². The number of esters is 1. The Bertz CT molecular complexity index is 760. The highest BCUT2D eigenvalue weighted by atomic mass is 19.1. The normalized spacial score (nSPS) is 12.8.